The second-order valence-electron chi connectivity index (χ2n) is 7.33. The van der Waals surface area contributed by atoms with Gasteiger partial charge in [-0.1, -0.05) is 12.1 Å². The normalized spacial score (nSPS) is 17.6. The summed E-state index contributed by atoms with van der Waals surface area (Å²) < 4.78 is 5.82. The van der Waals surface area contributed by atoms with Crippen molar-refractivity contribution in [2.75, 3.05) is 13.1 Å². The number of hydrogen-bond acceptors (Lipinski definition) is 3. The van der Waals surface area contributed by atoms with E-state index in [4.69, 9.17) is 4.74 Å². The van der Waals surface area contributed by atoms with E-state index in [9.17, 15) is 9.90 Å². The third-order valence-electron chi connectivity index (χ3n) is 4.80. The molecule has 1 fully saturated rings. The highest BCUT2D eigenvalue weighted by atomic mass is 16.5. The van der Waals surface area contributed by atoms with Gasteiger partial charge >= 0.3 is 0 Å². The van der Waals surface area contributed by atoms with Crippen LogP contribution in [0.1, 0.15) is 36.2 Å². The van der Waals surface area contributed by atoms with Crippen LogP contribution in [0.15, 0.2) is 48.5 Å². The van der Waals surface area contributed by atoms with E-state index in [-0.39, 0.29) is 11.8 Å². The average Bonchev–Trinajstić information content (AvgIpc) is 3.05. The lowest BCUT2D eigenvalue weighted by Crippen LogP contribution is -2.35. The largest absolute Gasteiger partial charge is 0.457 e. The zero-order valence-corrected chi connectivity index (χ0v) is 15.0. The molecule has 4 nitrogen and oxygen atoms in total. The van der Waals surface area contributed by atoms with E-state index in [0.717, 1.165) is 17.7 Å². The van der Waals surface area contributed by atoms with Crippen molar-refractivity contribution in [1.29, 1.82) is 0 Å². The van der Waals surface area contributed by atoms with Crippen molar-refractivity contribution in [3.63, 3.8) is 0 Å². The molecule has 25 heavy (non-hydrogen) atoms. The van der Waals surface area contributed by atoms with Crippen LogP contribution in [-0.4, -0.2) is 34.6 Å². The number of carbonyl (C=O) groups is 1. The van der Waals surface area contributed by atoms with Crippen molar-refractivity contribution in [1.82, 2.24) is 4.90 Å². The summed E-state index contributed by atoms with van der Waals surface area (Å²) >= 11 is 0. The van der Waals surface area contributed by atoms with Gasteiger partial charge in [-0.2, -0.15) is 0 Å². The maximum absolute atomic E-state index is 12.6. The fraction of sp³-hybridized carbons (Fsp3) is 0.381. The van der Waals surface area contributed by atoms with Gasteiger partial charge in [0.2, 0.25) is 0 Å². The molecule has 3 rings (SSSR count). The Morgan fingerprint density at radius 3 is 2.48 bits per heavy atom. The summed E-state index contributed by atoms with van der Waals surface area (Å²) in [6, 6.07) is 15.1. The van der Waals surface area contributed by atoms with Gasteiger partial charge in [0.1, 0.15) is 11.5 Å². The first-order chi connectivity index (χ1) is 11.8. The van der Waals surface area contributed by atoms with Gasteiger partial charge in [0.05, 0.1) is 5.60 Å². The number of nitrogens with zero attached hydrogens (tertiary/aromatic N) is 1. The van der Waals surface area contributed by atoms with Gasteiger partial charge in [-0.25, -0.2) is 0 Å². The lowest BCUT2D eigenvalue weighted by Gasteiger charge is -2.25. The number of carbonyl (C=O) groups excluding carboxylic acids is 1. The first-order valence-electron chi connectivity index (χ1n) is 8.69. The van der Waals surface area contributed by atoms with Crippen molar-refractivity contribution in [3.05, 3.63) is 59.7 Å². The van der Waals surface area contributed by atoms with Crippen LogP contribution in [0.2, 0.25) is 0 Å². The second kappa shape index (κ2) is 6.89. The van der Waals surface area contributed by atoms with Gasteiger partial charge in [-0.15, -0.1) is 0 Å². The number of aliphatic hydroxyl groups is 1. The summed E-state index contributed by atoms with van der Waals surface area (Å²) in [6.07, 6.45) is 0.837. The minimum Gasteiger partial charge on any atom is -0.457 e. The van der Waals surface area contributed by atoms with Crippen LogP contribution in [0.3, 0.4) is 0 Å². The molecule has 0 saturated carbocycles. The lowest BCUT2D eigenvalue weighted by molar-refractivity contribution is 0.0211. The van der Waals surface area contributed by atoms with E-state index in [1.807, 2.05) is 62.1 Å². The number of likely N-dealkylation sites (tertiary alicyclic amines) is 1. The highest BCUT2D eigenvalue weighted by Crippen LogP contribution is 2.28. The molecule has 1 saturated heterocycles. The van der Waals surface area contributed by atoms with Crippen LogP contribution in [0.5, 0.6) is 11.5 Å². The van der Waals surface area contributed by atoms with Crippen LogP contribution in [0.25, 0.3) is 0 Å². The molecule has 1 amide bonds. The summed E-state index contributed by atoms with van der Waals surface area (Å²) in [6.45, 7) is 6.93. The quantitative estimate of drug-likeness (QED) is 0.915. The molecule has 1 atom stereocenters. The van der Waals surface area contributed by atoms with Crippen molar-refractivity contribution in [3.8, 4) is 11.5 Å². The Labute approximate surface area is 149 Å². The van der Waals surface area contributed by atoms with Crippen LogP contribution in [0.4, 0.5) is 0 Å². The van der Waals surface area contributed by atoms with Crippen molar-refractivity contribution < 1.29 is 14.6 Å². The Kier molecular flexibility index (Phi) is 4.82. The monoisotopic (exact) mass is 339 g/mol. The van der Waals surface area contributed by atoms with E-state index < -0.39 is 5.60 Å². The first-order valence-corrected chi connectivity index (χ1v) is 8.69. The topological polar surface area (TPSA) is 49.8 Å². The number of hydrogen-bond donors (Lipinski definition) is 1. The van der Waals surface area contributed by atoms with Crippen LogP contribution >= 0.6 is 0 Å². The zero-order valence-electron chi connectivity index (χ0n) is 15.0. The number of ether oxygens (including phenoxy) is 1. The first kappa shape index (κ1) is 17.5. The molecule has 0 aliphatic carbocycles. The minimum atomic E-state index is -0.749. The third kappa shape index (κ3) is 4.20. The Hall–Kier alpha value is -2.33. The third-order valence-corrected chi connectivity index (χ3v) is 4.80. The molecule has 1 aliphatic heterocycles. The summed E-state index contributed by atoms with van der Waals surface area (Å²) in [7, 11) is 0. The second-order valence-corrected chi connectivity index (χ2v) is 7.33. The zero-order chi connectivity index (χ0) is 18.0. The standard InChI is InChI=1S/C21H25NO3/c1-15-5-4-6-19(13-15)25-18-9-7-16(8-10-18)20(23)22-12-11-17(14-22)21(2,3)24/h4-10,13,17,24H,11-12,14H2,1-3H3/t17-/m0/s1. The fourth-order valence-corrected chi connectivity index (χ4v) is 3.18. The van der Waals surface area contributed by atoms with Crippen LogP contribution in [0, 0.1) is 12.8 Å². The van der Waals surface area contributed by atoms with E-state index in [0.29, 0.717) is 24.4 Å². The SMILES string of the molecule is Cc1cccc(Oc2ccc(C(=O)N3CC[C@H](C(C)(C)O)C3)cc2)c1. The van der Waals surface area contributed by atoms with Crippen LogP contribution in [-0.2, 0) is 0 Å². The number of benzene rings is 2. The number of rotatable bonds is 4. The van der Waals surface area contributed by atoms with Gasteiger partial charge in [-0.3, -0.25) is 4.79 Å². The average molecular weight is 339 g/mol. The van der Waals surface area contributed by atoms with Gasteiger partial charge in [0.15, 0.2) is 0 Å². The smallest absolute Gasteiger partial charge is 0.253 e. The summed E-state index contributed by atoms with van der Waals surface area (Å²) in [4.78, 5) is 14.5. The molecule has 0 unspecified atom stereocenters. The molecule has 0 bridgehead atoms. The fourth-order valence-electron chi connectivity index (χ4n) is 3.18. The minimum absolute atomic E-state index is 0.00820. The molecule has 0 radical (unpaired) electrons. The van der Waals surface area contributed by atoms with E-state index in [1.54, 1.807) is 12.1 Å². The van der Waals surface area contributed by atoms with Crippen molar-refractivity contribution >= 4 is 5.91 Å². The van der Waals surface area contributed by atoms with Crippen molar-refractivity contribution in [2.24, 2.45) is 5.92 Å². The summed E-state index contributed by atoms with van der Waals surface area (Å²) in [5.74, 6) is 1.62. The molecule has 1 heterocycles. The highest BCUT2D eigenvalue weighted by Gasteiger charge is 2.35. The molecule has 4 heteroatoms. The van der Waals surface area contributed by atoms with Crippen LogP contribution < -0.4 is 4.74 Å². The predicted octanol–water partition coefficient (Wildman–Crippen LogP) is 4.02. The van der Waals surface area contributed by atoms with Gasteiger partial charge in [0.25, 0.3) is 5.91 Å². The maximum atomic E-state index is 12.6. The molecule has 2 aromatic rings. The molecule has 2 aromatic carbocycles. The number of amides is 1. The van der Waals surface area contributed by atoms with Gasteiger partial charge < -0.3 is 14.7 Å². The molecule has 0 spiro atoms. The number of aryl methyl sites for hydroxylation is 1. The summed E-state index contributed by atoms with van der Waals surface area (Å²) in [5.41, 5.74) is 1.04. The Morgan fingerprint density at radius 1 is 1.16 bits per heavy atom. The van der Waals surface area contributed by atoms with Gasteiger partial charge in [-0.05, 0) is 69.2 Å². The Balaban J connectivity index is 1.65. The van der Waals surface area contributed by atoms with Gasteiger partial charge in [0, 0.05) is 24.6 Å². The molecular weight excluding hydrogens is 314 g/mol. The summed E-state index contributed by atoms with van der Waals surface area (Å²) in [5, 5.41) is 10.1. The predicted molar refractivity (Wildman–Crippen MR) is 98.0 cm³/mol. The Morgan fingerprint density at radius 2 is 1.88 bits per heavy atom. The molecule has 1 N–H and O–H groups in total. The maximum Gasteiger partial charge on any atom is 0.253 e. The Bertz CT molecular complexity index is 746. The van der Waals surface area contributed by atoms with E-state index in [2.05, 4.69) is 0 Å². The van der Waals surface area contributed by atoms with E-state index in [1.165, 1.54) is 0 Å². The molecule has 0 aromatic heterocycles. The van der Waals surface area contributed by atoms with E-state index >= 15 is 0 Å². The molecule has 1 aliphatic rings. The van der Waals surface area contributed by atoms with Crippen molar-refractivity contribution in [2.45, 2.75) is 32.8 Å². The molecular formula is C21H25NO3. The lowest BCUT2D eigenvalue weighted by atomic mass is 9.90. The highest BCUT2D eigenvalue weighted by molar-refractivity contribution is 5.94. The molecule has 132 valence electrons.